The molecular weight excluding hydrogens is 266 g/mol. The molecule has 1 aromatic heterocycles. The number of hydrogen-bond acceptors (Lipinski definition) is 4. The maximum absolute atomic E-state index is 12.6. The molecular formula is C12H16ClN5O. The van der Waals surface area contributed by atoms with Crippen LogP contribution in [0, 0.1) is 17.3 Å². The van der Waals surface area contributed by atoms with E-state index in [1.807, 2.05) is 0 Å². The lowest BCUT2D eigenvalue weighted by Crippen LogP contribution is -2.57. The van der Waals surface area contributed by atoms with Crippen molar-refractivity contribution >= 4 is 23.5 Å². The summed E-state index contributed by atoms with van der Waals surface area (Å²) in [4.78, 5) is 12.5. The summed E-state index contributed by atoms with van der Waals surface area (Å²) < 4.78 is 0. The molecule has 2 unspecified atom stereocenters. The van der Waals surface area contributed by atoms with E-state index in [1.165, 1.54) is 6.42 Å². The van der Waals surface area contributed by atoms with E-state index in [4.69, 9.17) is 11.6 Å². The third-order valence-corrected chi connectivity index (χ3v) is 5.48. The summed E-state index contributed by atoms with van der Waals surface area (Å²) in [5.74, 6) is 1.49. The van der Waals surface area contributed by atoms with Gasteiger partial charge in [-0.2, -0.15) is 5.21 Å². The zero-order valence-corrected chi connectivity index (χ0v) is 11.3. The van der Waals surface area contributed by atoms with Gasteiger partial charge in [0.15, 0.2) is 0 Å². The maximum Gasteiger partial charge on any atom is 0.269 e. The summed E-state index contributed by atoms with van der Waals surface area (Å²) in [6, 6.07) is 0. The highest BCUT2D eigenvalue weighted by molar-refractivity contribution is 6.24. The van der Waals surface area contributed by atoms with Crippen molar-refractivity contribution in [1.29, 1.82) is 0 Å². The van der Waals surface area contributed by atoms with Gasteiger partial charge >= 0.3 is 0 Å². The van der Waals surface area contributed by atoms with E-state index in [0.29, 0.717) is 11.8 Å². The van der Waals surface area contributed by atoms with Gasteiger partial charge in [0.1, 0.15) is 0 Å². The van der Waals surface area contributed by atoms with Crippen molar-refractivity contribution < 1.29 is 4.79 Å². The van der Waals surface area contributed by atoms with Gasteiger partial charge in [-0.15, -0.1) is 16.7 Å². The smallest absolute Gasteiger partial charge is 0.269 e. The standard InChI is InChI=1S/C12H16ClN5O/c13-12-4-7-1-8(5-12)3-11(2-7,6-12)9(19)14-10-15-17-18-16-10/h7-8H,1-6H2,(H2,14,15,16,17,18,19). The lowest BCUT2D eigenvalue weighted by molar-refractivity contribution is -0.138. The van der Waals surface area contributed by atoms with Crippen LogP contribution >= 0.6 is 11.6 Å². The number of carbonyl (C=O) groups excluding carboxylic acids is 1. The van der Waals surface area contributed by atoms with Crippen LogP contribution in [0.4, 0.5) is 5.95 Å². The maximum atomic E-state index is 12.6. The molecule has 1 amide bonds. The first-order valence-electron chi connectivity index (χ1n) is 6.81. The average Bonchev–Trinajstić information content (AvgIpc) is 2.78. The lowest BCUT2D eigenvalue weighted by Gasteiger charge is -2.58. The molecule has 0 radical (unpaired) electrons. The topological polar surface area (TPSA) is 83.6 Å². The van der Waals surface area contributed by atoms with E-state index in [-0.39, 0.29) is 22.1 Å². The van der Waals surface area contributed by atoms with Gasteiger partial charge < -0.3 is 0 Å². The van der Waals surface area contributed by atoms with Crippen molar-refractivity contribution in [2.45, 2.75) is 43.4 Å². The SMILES string of the molecule is O=C(Nc1nn[nH]n1)C12CC3CC(CC(Cl)(C3)C1)C2. The average molecular weight is 282 g/mol. The second-order valence-corrected chi connectivity index (χ2v) is 7.38. The van der Waals surface area contributed by atoms with Crippen molar-refractivity contribution in [2.75, 3.05) is 5.32 Å². The molecule has 102 valence electrons. The predicted octanol–water partition coefficient (Wildman–Crippen LogP) is 1.72. The van der Waals surface area contributed by atoms with Crippen LogP contribution in [-0.4, -0.2) is 31.4 Å². The zero-order valence-electron chi connectivity index (χ0n) is 10.5. The monoisotopic (exact) mass is 281 g/mol. The van der Waals surface area contributed by atoms with Crippen molar-refractivity contribution in [2.24, 2.45) is 17.3 Å². The molecule has 7 heteroatoms. The highest BCUT2D eigenvalue weighted by atomic mass is 35.5. The van der Waals surface area contributed by atoms with E-state index >= 15 is 0 Å². The van der Waals surface area contributed by atoms with Gasteiger partial charge in [0.05, 0.1) is 5.41 Å². The van der Waals surface area contributed by atoms with Crippen LogP contribution in [0.5, 0.6) is 0 Å². The first-order valence-corrected chi connectivity index (χ1v) is 7.19. The summed E-state index contributed by atoms with van der Waals surface area (Å²) in [6.45, 7) is 0. The summed E-state index contributed by atoms with van der Waals surface area (Å²) >= 11 is 6.72. The van der Waals surface area contributed by atoms with Gasteiger partial charge in [0.25, 0.3) is 5.95 Å². The molecule has 19 heavy (non-hydrogen) atoms. The highest BCUT2D eigenvalue weighted by Crippen LogP contribution is 2.63. The molecule has 2 atom stereocenters. The van der Waals surface area contributed by atoms with Gasteiger partial charge in [-0.25, -0.2) is 0 Å². The molecule has 0 saturated heterocycles. The van der Waals surface area contributed by atoms with Gasteiger partial charge in [-0.3, -0.25) is 10.1 Å². The van der Waals surface area contributed by atoms with Crippen molar-refractivity contribution in [1.82, 2.24) is 20.6 Å². The third-order valence-electron chi connectivity index (χ3n) is 5.04. The number of anilines is 1. The largest absolute Gasteiger partial charge is 0.291 e. The number of alkyl halides is 1. The molecule has 0 spiro atoms. The Morgan fingerprint density at radius 1 is 1.32 bits per heavy atom. The van der Waals surface area contributed by atoms with Gasteiger partial charge in [0, 0.05) is 4.87 Å². The molecule has 0 aliphatic heterocycles. The lowest BCUT2D eigenvalue weighted by atomic mass is 9.49. The number of aromatic nitrogens is 4. The number of aromatic amines is 1. The van der Waals surface area contributed by atoms with Gasteiger partial charge in [-0.1, -0.05) is 5.10 Å². The number of rotatable bonds is 2. The van der Waals surface area contributed by atoms with Gasteiger partial charge in [-0.05, 0) is 55.6 Å². The fourth-order valence-electron chi connectivity index (χ4n) is 4.87. The van der Waals surface area contributed by atoms with E-state index in [0.717, 1.165) is 32.1 Å². The second-order valence-electron chi connectivity index (χ2n) is 6.58. The van der Waals surface area contributed by atoms with E-state index in [9.17, 15) is 4.79 Å². The number of halogens is 1. The number of carbonyl (C=O) groups is 1. The van der Waals surface area contributed by atoms with E-state index in [2.05, 4.69) is 25.9 Å². The van der Waals surface area contributed by atoms with Crippen LogP contribution < -0.4 is 5.32 Å². The first-order chi connectivity index (χ1) is 9.07. The van der Waals surface area contributed by atoms with Crippen LogP contribution in [0.15, 0.2) is 0 Å². The van der Waals surface area contributed by atoms with Crippen LogP contribution in [0.3, 0.4) is 0 Å². The molecule has 1 heterocycles. The Bertz CT molecular complexity index is 502. The Balaban J connectivity index is 1.61. The minimum Gasteiger partial charge on any atom is -0.291 e. The van der Waals surface area contributed by atoms with Gasteiger partial charge in [0.2, 0.25) is 5.91 Å². The molecule has 6 nitrogen and oxygen atoms in total. The summed E-state index contributed by atoms with van der Waals surface area (Å²) in [5, 5.41) is 16.2. The fourth-order valence-corrected chi connectivity index (χ4v) is 5.56. The molecule has 4 saturated carbocycles. The summed E-state index contributed by atoms with van der Waals surface area (Å²) in [6.07, 6.45) is 6.10. The Labute approximate surface area is 115 Å². The molecule has 4 fully saturated rings. The van der Waals surface area contributed by atoms with Crippen LogP contribution in [0.1, 0.15) is 38.5 Å². The van der Waals surface area contributed by atoms with Crippen LogP contribution in [0.25, 0.3) is 0 Å². The normalized spacial score (nSPS) is 43.4. The van der Waals surface area contributed by atoms with Crippen molar-refractivity contribution in [3.05, 3.63) is 0 Å². The number of H-pyrrole nitrogens is 1. The predicted molar refractivity (Wildman–Crippen MR) is 68.5 cm³/mol. The molecule has 4 aliphatic carbocycles. The van der Waals surface area contributed by atoms with E-state index < -0.39 is 0 Å². The molecule has 0 aromatic carbocycles. The first kappa shape index (κ1) is 11.6. The minimum atomic E-state index is -0.313. The second kappa shape index (κ2) is 3.69. The van der Waals surface area contributed by atoms with Crippen LogP contribution in [0.2, 0.25) is 0 Å². The fraction of sp³-hybridized carbons (Fsp3) is 0.833. The van der Waals surface area contributed by atoms with Crippen molar-refractivity contribution in [3.8, 4) is 0 Å². The number of nitrogens with zero attached hydrogens (tertiary/aromatic N) is 3. The highest BCUT2D eigenvalue weighted by Gasteiger charge is 2.60. The molecule has 1 aromatic rings. The minimum absolute atomic E-state index is 0.0213. The van der Waals surface area contributed by atoms with Crippen LogP contribution in [-0.2, 0) is 4.79 Å². The summed E-state index contributed by atoms with van der Waals surface area (Å²) in [5.41, 5.74) is -0.313. The third kappa shape index (κ3) is 1.76. The van der Waals surface area contributed by atoms with E-state index in [1.54, 1.807) is 0 Å². The molecule has 4 aliphatic rings. The Hall–Kier alpha value is -1.17. The molecule has 4 bridgehead atoms. The van der Waals surface area contributed by atoms with Crippen molar-refractivity contribution in [3.63, 3.8) is 0 Å². The molecule has 2 N–H and O–H groups in total. The zero-order chi connectivity index (χ0) is 13.1. The number of tetrazole rings is 1. The number of hydrogen-bond donors (Lipinski definition) is 2. The number of nitrogens with one attached hydrogen (secondary N) is 2. The Kier molecular flexibility index (Phi) is 2.26. The summed E-state index contributed by atoms with van der Waals surface area (Å²) in [7, 11) is 0. The number of amides is 1. The Morgan fingerprint density at radius 3 is 2.63 bits per heavy atom. The Morgan fingerprint density at radius 2 is 2.05 bits per heavy atom. The quantitative estimate of drug-likeness (QED) is 0.809. The molecule has 5 rings (SSSR count).